The quantitative estimate of drug-likeness (QED) is 0.603. The number of nitrogens with zero attached hydrogens (tertiary/aromatic N) is 2. The minimum atomic E-state index is -3.32. The molecule has 1 heterocycles. The predicted molar refractivity (Wildman–Crippen MR) is 95.1 cm³/mol. The second kappa shape index (κ2) is 6.60. The van der Waals surface area contributed by atoms with E-state index in [1.165, 1.54) is 24.6 Å². The largest absolute Gasteiger partial charge is 0.323 e. The fraction of sp³-hybridized carbons (Fsp3) is 0.375. The van der Waals surface area contributed by atoms with Gasteiger partial charge in [-0.15, -0.1) is 0 Å². The summed E-state index contributed by atoms with van der Waals surface area (Å²) in [5.74, 6) is -0.00347. The predicted octanol–water partition coefficient (Wildman–Crippen LogP) is 2.95. The van der Waals surface area contributed by atoms with Gasteiger partial charge in [0.15, 0.2) is 10.9 Å². The third-order valence-electron chi connectivity index (χ3n) is 3.70. The van der Waals surface area contributed by atoms with Gasteiger partial charge in [0.25, 0.3) is 0 Å². The molecule has 0 amide bonds. The Morgan fingerprint density at radius 3 is 2.58 bits per heavy atom. The van der Waals surface area contributed by atoms with E-state index in [0.29, 0.717) is 17.3 Å². The zero-order chi connectivity index (χ0) is 17.3. The van der Waals surface area contributed by atoms with Gasteiger partial charge in [-0.05, 0) is 44.0 Å². The van der Waals surface area contributed by atoms with Gasteiger partial charge in [0.05, 0.1) is 11.5 Å². The van der Waals surface area contributed by atoms with Crippen molar-refractivity contribution >= 4 is 33.3 Å². The lowest BCUT2D eigenvalue weighted by Gasteiger charge is -2.12. The average molecular weight is 365 g/mol. The van der Waals surface area contributed by atoms with E-state index in [-0.39, 0.29) is 11.0 Å². The fourth-order valence-corrected chi connectivity index (χ4v) is 3.96. The third-order valence-corrected chi connectivity index (χ3v) is 5.40. The van der Waals surface area contributed by atoms with Gasteiger partial charge >= 0.3 is 0 Å². The van der Waals surface area contributed by atoms with Gasteiger partial charge in [0, 0.05) is 29.7 Å². The van der Waals surface area contributed by atoms with Gasteiger partial charge in [-0.3, -0.25) is 9.52 Å². The van der Waals surface area contributed by atoms with Crippen molar-refractivity contribution in [3.05, 3.63) is 42.2 Å². The first-order chi connectivity index (χ1) is 11.3. The first kappa shape index (κ1) is 17.0. The molecule has 1 aromatic carbocycles. The number of thioether (sulfide) groups is 1. The molecule has 128 valence electrons. The van der Waals surface area contributed by atoms with Crippen LogP contribution in [0.15, 0.2) is 41.8 Å². The van der Waals surface area contributed by atoms with Crippen LogP contribution in [0.3, 0.4) is 0 Å². The van der Waals surface area contributed by atoms with E-state index < -0.39 is 10.0 Å². The molecule has 0 radical (unpaired) electrons. The molecule has 0 spiro atoms. The van der Waals surface area contributed by atoms with E-state index in [4.69, 9.17) is 0 Å². The third kappa shape index (κ3) is 4.18. The molecule has 1 unspecified atom stereocenters. The average Bonchev–Trinajstić information content (AvgIpc) is 3.26. The molecule has 2 aromatic rings. The van der Waals surface area contributed by atoms with Crippen molar-refractivity contribution < 1.29 is 13.2 Å². The number of carbonyl (C=O) groups excluding carboxylic acids is 1. The molecule has 0 aliphatic heterocycles. The summed E-state index contributed by atoms with van der Waals surface area (Å²) in [6.45, 7) is 1.86. The Hall–Kier alpha value is -1.80. The van der Waals surface area contributed by atoms with Crippen LogP contribution >= 0.6 is 11.8 Å². The number of rotatable bonds is 7. The highest BCUT2D eigenvalue weighted by atomic mass is 32.2. The highest BCUT2D eigenvalue weighted by Gasteiger charge is 2.27. The Kier molecular flexibility index (Phi) is 4.69. The number of ketones is 1. The number of hydrogen-bond acceptors (Lipinski definition) is 5. The van der Waals surface area contributed by atoms with Crippen LogP contribution in [0.1, 0.15) is 36.2 Å². The number of hydrogen-bond donors (Lipinski definition) is 1. The Bertz CT molecular complexity index is 840. The molecule has 1 aromatic heterocycles. The van der Waals surface area contributed by atoms with Gasteiger partial charge in [-0.25, -0.2) is 13.4 Å². The second-order valence-electron chi connectivity index (χ2n) is 5.92. The maximum absolute atomic E-state index is 12.6. The Morgan fingerprint density at radius 1 is 1.33 bits per heavy atom. The molecule has 0 saturated heterocycles. The minimum Gasteiger partial charge on any atom is -0.323 e. The normalized spacial score (nSPS) is 15.9. The highest BCUT2D eigenvalue weighted by Crippen LogP contribution is 2.38. The summed E-state index contributed by atoms with van der Waals surface area (Å²) in [5, 5.41) is 0.604. The van der Waals surface area contributed by atoms with Crippen LogP contribution in [0.5, 0.6) is 0 Å². The van der Waals surface area contributed by atoms with Gasteiger partial charge < -0.3 is 4.57 Å². The van der Waals surface area contributed by atoms with Gasteiger partial charge in [-0.2, -0.15) is 0 Å². The summed E-state index contributed by atoms with van der Waals surface area (Å²) >= 11 is 1.45. The van der Waals surface area contributed by atoms with Crippen LogP contribution < -0.4 is 4.72 Å². The standard InChI is InChI=1S/C16H19N3O3S2/c1-11(23-16-17-9-10-19(16)14-7-8-14)15(20)12-3-5-13(6-4-12)18-24(2,21)22/h3-6,9-11,14,18H,7-8H2,1-2H3. The first-order valence-corrected chi connectivity index (χ1v) is 10.4. The maximum Gasteiger partial charge on any atom is 0.229 e. The van der Waals surface area contributed by atoms with Crippen molar-refractivity contribution in [3.63, 3.8) is 0 Å². The summed E-state index contributed by atoms with van der Waals surface area (Å²) in [6.07, 6.45) is 7.15. The molecular weight excluding hydrogens is 346 g/mol. The lowest BCUT2D eigenvalue weighted by Crippen LogP contribution is -2.15. The molecule has 3 rings (SSSR count). The van der Waals surface area contributed by atoms with Crippen LogP contribution in [0.25, 0.3) is 0 Å². The van der Waals surface area contributed by atoms with Crippen molar-refractivity contribution in [1.29, 1.82) is 0 Å². The summed E-state index contributed by atoms with van der Waals surface area (Å²) in [4.78, 5) is 16.9. The first-order valence-electron chi connectivity index (χ1n) is 7.65. The van der Waals surface area contributed by atoms with E-state index >= 15 is 0 Å². The zero-order valence-corrected chi connectivity index (χ0v) is 15.1. The van der Waals surface area contributed by atoms with Crippen molar-refractivity contribution in [2.45, 2.75) is 36.2 Å². The van der Waals surface area contributed by atoms with Crippen LogP contribution in [0, 0.1) is 0 Å². The van der Waals surface area contributed by atoms with Crippen molar-refractivity contribution in [2.24, 2.45) is 0 Å². The van der Waals surface area contributed by atoms with Gasteiger partial charge in [0.2, 0.25) is 10.0 Å². The van der Waals surface area contributed by atoms with Crippen LogP contribution in [-0.2, 0) is 10.0 Å². The topological polar surface area (TPSA) is 81.1 Å². The Morgan fingerprint density at radius 2 is 2.00 bits per heavy atom. The number of imidazole rings is 1. The molecule has 0 bridgehead atoms. The van der Waals surface area contributed by atoms with E-state index in [1.54, 1.807) is 30.5 Å². The van der Waals surface area contributed by atoms with E-state index in [9.17, 15) is 13.2 Å². The van der Waals surface area contributed by atoms with Crippen LogP contribution in [-0.4, -0.2) is 35.3 Å². The minimum absolute atomic E-state index is 0.00347. The molecular formula is C16H19N3O3S2. The maximum atomic E-state index is 12.6. The van der Waals surface area contributed by atoms with E-state index in [1.807, 2.05) is 13.1 Å². The molecule has 1 aliphatic rings. The van der Waals surface area contributed by atoms with Gasteiger partial charge in [-0.1, -0.05) is 11.8 Å². The lowest BCUT2D eigenvalue weighted by atomic mass is 10.1. The zero-order valence-electron chi connectivity index (χ0n) is 13.5. The number of Topliss-reactive ketones (excluding diaryl/α,β-unsaturated/α-hetero) is 1. The molecule has 1 fully saturated rings. The number of aromatic nitrogens is 2. The van der Waals surface area contributed by atoms with Crippen LogP contribution in [0.2, 0.25) is 0 Å². The molecule has 1 aliphatic carbocycles. The van der Waals surface area contributed by atoms with Gasteiger partial charge in [0.1, 0.15) is 0 Å². The number of benzene rings is 1. The molecule has 8 heteroatoms. The van der Waals surface area contributed by atoms with Crippen molar-refractivity contribution in [1.82, 2.24) is 9.55 Å². The number of anilines is 1. The summed E-state index contributed by atoms with van der Waals surface area (Å²) in [5.41, 5.74) is 0.997. The van der Waals surface area contributed by atoms with Crippen LogP contribution in [0.4, 0.5) is 5.69 Å². The lowest BCUT2D eigenvalue weighted by molar-refractivity contribution is 0.0994. The molecule has 1 N–H and O–H groups in total. The number of sulfonamides is 1. The summed E-state index contributed by atoms with van der Waals surface area (Å²) in [6, 6.07) is 6.99. The van der Waals surface area contributed by atoms with Crippen molar-refractivity contribution in [3.8, 4) is 0 Å². The number of carbonyl (C=O) groups is 1. The van der Waals surface area contributed by atoms with E-state index in [0.717, 1.165) is 11.4 Å². The SMILES string of the molecule is CC(Sc1nccn1C1CC1)C(=O)c1ccc(NS(C)(=O)=O)cc1. The Balaban J connectivity index is 1.67. The second-order valence-corrected chi connectivity index (χ2v) is 8.98. The monoisotopic (exact) mass is 365 g/mol. The van der Waals surface area contributed by atoms with E-state index in [2.05, 4.69) is 14.3 Å². The molecule has 1 saturated carbocycles. The fourth-order valence-electron chi connectivity index (χ4n) is 2.38. The molecule has 1 atom stereocenters. The molecule has 6 nitrogen and oxygen atoms in total. The summed E-state index contributed by atoms with van der Waals surface area (Å²) in [7, 11) is -3.32. The number of nitrogens with one attached hydrogen (secondary N) is 1. The smallest absolute Gasteiger partial charge is 0.229 e. The Labute approximate surface area is 145 Å². The summed E-state index contributed by atoms with van der Waals surface area (Å²) < 4.78 is 26.9. The van der Waals surface area contributed by atoms with Crippen molar-refractivity contribution in [2.75, 3.05) is 11.0 Å². The molecule has 24 heavy (non-hydrogen) atoms. The highest BCUT2D eigenvalue weighted by molar-refractivity contribution is 8.00.